The molecule has 1 amide bonds. The quantitative estimate of drug-likeness (QED) is 0.567. The number of rotatable bonds is 6. The molecule has 0 aliphatic carbocycles. The Morgan fingerprint density at radius 3 is 2.77 bits per heavy atom. The standard InChI is InChI=1S/C22H20F3N3O3/c1-2-30-18-8-4-6-15(10-18)20-26-21(31-27-20)16-11-19(29)28(13-16)12-14-5-3-7-17(9-14)22(23,24)25/h3-10,16H,2,11-13H2,1H3. The Kier molecular flexibility index (Phi) is 5.67. The number of aromatic nitrogens is 2. The number of hydrogen-bond donors (Lipinski definition) is 0. The van der Waals surface area contributed by atoms with Gasteiger partial charge in [0.2, 0.25) is 17.6 Å². The third kappa shape index (κ3) is 4.70. The van der Waals surface area contributed by atoms with Crippen LogP contribution in [0.1, 0.15) is 36.3 Å². The molecule has 9 heteroatoms. The van der Waals surface area contributed by atoms with Crippen LogP contribution in [0.15, 0.2) is 53.1 Å². The summed E-state index contributed by atoms with van der Waals surface area (Å²) in [6.45, 7) is 2.82. The molecule has 0 N–H and O–H groups in total. The number of amides is 1. The van der Waals surface area contributed by atoms with E-state index in [9.17, 15) is 18.0 Å². The Hall–Kier alpha value is -3.36. The Labute approximate surface area is 176 Å². The molecule has 1 aliphatic heterocycles. The number of carbonyl (C=O) groups is 1. The van der Waals surface area contributed by atoms with E-state index < -0.39 is 11.7 Å². The molecule has 0 radical (unpaired) electrons. The van der Waals surface area contributed by atoms with Gasteiger partial charge in [-0.05, 0) is 36.8 Å². The molecule has 1 saturated heterocycles. The van der Waals surface area contributed by atoms with Gasteiger partial charge in [-0.3, -0.25) is 4.79 Å². The third-order valence-corrected chi connectivity index (χ3v) is 5.04. The van der Waals surface area contributed by atoms with Crippen LogP contribution in [0.2, 0.25) is 0 Å². The molecule has 2 aromatic carbocycles. The van der Waals surface area contributed by atoms with E-state index in [0.717, 1.165) is 17.7 Å². The van der Waals surface area contributed by atoms with Crippen LogP contribution in [0.4, 0.5) is 13.2 Å². The summed E-state index contributed by atoms with van der Waals surface area (Å²) in [5.41, 5.74) is 0.415. The summed E-state index contributed by atoms with van der Waals surface area (Å²) >= 11 is 0. The SMILES string of the molecule is CCOc1cccc(-c2noc(C3CC(=O)N(Cc4cccc(C(F)(F)F)c4)C3)n2)c1. The molecule has 1 aliphatic rings. The van der Waals surface area contributed by atoms with Gasteiger partial charge in [-0.25, -0.2) is 0 Å². The Morgan fingerprint density at radius 1 is 1.19 bits per heavy atom. The number of benzene rings is 2. The Bertz CT molecular complexity index is 1080. The van der Waals surface area contributed by atoms with Crippen molar-refractivity contribution < 1.29 is 27.2 Å². The maximum atomic E-state index is 12.9. The summed E-state index contributed by atoms with van der Waals surface area (Å²) in [5.74, 6) is 0.932. The van der Waals surface area contributed by atoms with Gasteiger partial charge in [-0.15, -0.1) is 0 Å². The minimum absolute atomic E-state index is 0.0939. The van der Waals surface area contributed by atoms with Crippen LogP contribution in [-0.2, 0) is 17.5 Å². The first-order chi connectivity index (χ1) is 14.8. The first kappa shape index (κ1) is 20.9. The number of halogens is 3. The highest BCUT2D eigenvalue weighted by molar-refractivity contribution is 5.79. The lowest BCUT2D eigenvalue weighted by Gasteiger charge is -2.17. The highest BCUT2D eigenvalue weighted by atomic mass is 19.4. The first-order valence-corrected chi connectivity index (χ1v) is 9.84. The fourth-order valence-corrected chi connectivity index (χ4v) is 3.57. The lowest BCUT2D eigenvalue weighted by molar-refractivity contribution is -0.137. The molecule has 1 atom stereocenters. The number of hydrogen-bond acceptors (Lipinski definition) is 5. The minimum atomic E-state index is -4.42. The largest absolute Gasteiger partial charge is 0.494 e. The molecule has 2 heterocycles. The predicted octanol–water partition coefficient (Wildman–Crippen LogP) is 4.67. The zero-order chi connectivity index (χ0) is 22.0. The average Bonchev–Trinajstić information content (AvgIpc) is 3.36. The van der Waals surface area contributed by atoms with E-state index in [2.05, 4.69) is 10.1 Å². The summed E-state index contributed by atoms with van der Waals surface area (Å²) < 4.78 is 49.7. The molecule has 1 aromatic heterocycles. The lowest BCUT2D eigenvalue weighted by atomic mass is 10.1. The topological polar surface area (TPSA) is 68.5 Å². The molecule has 4 rings (SSSR count). The average molecular weight is 431 g/mol. The van der Waals surface area contributed by atoms with Crippen molar-refractivity contribution >= 4 is 5.91 Å². The van der Waals surface area contributed by atoms with E-state index in [-0.39, 0.29) is 24.8 Å². The maximum Gasteiger partial charge on any atom is 0.416 e. The smallest absolute Gasteiger partial charge is 0.416 e. The normalized spacial score (nSPS) is 16.7. The summed E-state index contributed by atoms with van der Waals surface area (Å²) in [7, 11) is 0. The molecular formula is C22H20F3N3O3. The Balaban J connectivity index is 1.46. The number of likely N-dealkylation sites (tertiary alicyclic amines) is 1. The van der Waals surface area contributed by atoms with Gasteiger partial charge in [0.25, 0.3) is 0 Å². The van der Waals surface area contributed by atoms with Crippen molar-refractivity contribution in [2.45, 2.75) is 32.0 Å². The van der Waals surface area contributed by atoms with Crippen LogP contribution >= 0.6 is 0 Å². The predicted molar refractivity (Wildman–Crippen MR) is 105 cm³/mol. The van der Waals surface area contributed by atoms with Crippen molar-refractivity contribution in [3.05, 3.63) is 65.5 Å². The van der Waals surface area contributed by atoms with E-state index >= 15 is 0 Å². The van der Waals surface area contributed by atoms with Crippen molar-refractivity contribution in [1.29, 1.82) is 0 Å². The molecule has 6 nitrogen and oxygen atoms in total. The monoisotopic (exact) mass is 431 g/mol. The number of ether oxygens (including phenoxy) is 1. The second-order valence-electron chi connectivity index (χ2n) is 7.29. The zero-order valence-electron chi connectivity index (χ0n) is 16.7. The third-order valence-electron chi connectivity index (χ3n) is 5.04. The molecule has 1 fully saturated rings. The van der Waals surface area contributed by atoms with Crippen LogP contribution in [0.25, 0.3) is 11.4 Å². The zero-order valence-corrected chi connectivity index (χ0v) is 16.7. The summed E-state index contributed by atoms with van der Waals surface area (Å²) in [4.78, 5) is 18.4. The van der Waals surface area contributed by atoms with Gasteiger partial charge in [-0.1, -0.05) is 29.4 Å². The van der Waals surface area contributed by atoms with Crippen molar-refractivity contribution in [3.63, 3.8) is 0 Å². The molecule has 0 saturated carbocycles. The van der Waals surface area contributed by atoms with Gasteiger partial charge in [0, 0.05) is 25.1 Å². The van der Waals surface area contributed by atoms with Gasteiger partial charge in [0.1, 0.15) is 5.75 Å². The summed E-state index contributed by atoms with van der Waals surface area (Å²) in [6.07, 6.45) is -4.26. The van der Waals surface area contributed by atoms with Gasteiger partial charge < -0.3 is 14.2 Å². The van der Waals surface area contributed by atoms with E-state index in [0.29, 0.717) is 36.2 Å². The van der Waals surface area contributed by atoms with Crippen LogP contribution < -0.4 is 4.74 Å². The fourth-order valence-electron chi connectivity index (χ4n) is 3.57. The number of nitrogens with zero attached hydrogens (tertiary/aromatic N) is 3. The fraction of sp³-hybridized carbons (Fsp3) is 0.318. The van der Waals surface area contributed by atoms with Gasteiger partial charge in [-0.2, -0.15) is 18.2 Å². The van der Waals surface area contributed by atoms with E-state index in [4.69, 9.17) is 9.26 Å². The molecule has 3 aromatic rings. The van der Waals surface area contributed by atoms with Crippen LogP contribution in [0.5, 0.6) is 5.75 Å². The highest BCUT2D eigenvalue weighted by Crippen LogP contribution is 2.32. The van der Waals surface area contributed by atoms with Crippen LogP contribution in [0.3, 0.4) is 0 Å². The lowest BCUT2D eigenvalue weighted by Crippen LogP contribution is -2.24. The van der Waals surface area contributed by atoms with Crippen molar-refractivity contribution in [2.75, 3.05) is 13.2 Å². The van der Waals surface area contributed by atoms with Gasteiger partial charge >= 0.3 is 6.18 Å². The number of alkyl halides is 3. The molecule has 1 unspecified atom stereocenters. The van der Waals surface area contributed by atoms with Crippen molar-refractivity contribution in [3.8, 4) is 17.1 Å². The second-order valence-corrected chi connectivity index (χ2v) is 7.29. The first-order valence-electron chi connectivity index (χ1n) is 9.84. The highest BCUT2D eigenvalue weighted by Gasteiger charge is 2.35. The van der Waals surface area contributed by atoms with Gasteiger partial charge in [0.05, 0.1) is 18.1 Å². The summed E-state index contributed by atoms with van der Waals surface area (Å²) in [5, 5.41) is 4.01. The van der Waals surface area contributed by atoms with E-state index in [1.165, 1.54) is 11.0 Å². The van der Waals surface area contributed by atoms with E-state index in [1.807, 2.05) is 25.1 Å². The molecule has 31 heavy (non-hydrogen) atoms. The van der Waals surface area contributed by atoms with Gasteiger partial charge in [0.15, 0.2) is 0 Å². The van der Waals surface area contributed by atoms with Crippen molar-refractivity contribution in [1.82, 2.24) is 15.0 Å². The van der Waals surface area contributed by atoms with Crippen LogP contribution in [-0.4, -0.2) is 34.1 Å². The molecule has 162 valence electrons. The van der Waals surface area contributed by atoms with E-state index in [1.54, 1.807) is 12.1 Å². The number of carbonyl (C=O) groups excluding carboxylic acids is 1. The van der Waals surface area contributed by atoms with Crippen molar-refractivity contribution in [2.24, 2.45) is 0 Å². The molecule has 0 spiro atoms. The summed E-state index contributed by atoms with van der Waals surface area (Å²) in [6, 6.07) is 12.3. The molecular weight excluding hydrogens is 411 g/mol. The minimum Gasteiger partial charge on any atom is -0.494 e. The maximum absolute atomic E-state index is 12.9. The second kappa shape index (κ2) is 8.41. The Morgan fingerprint density at radius 2 is 2.00 bits per heavy atom. The van der Waals surface area contributed by atoms with Crippen LogP contribution in [0, 0.1) is 0 Å². The molecule has 0 bridgehead atoms.